The first kappa shape index (κ1) is 12.2. The van der Waals surface area contributed by atoms with Crippen molar-refractivity contribution in [2.24, 2.45) is 5.92 Å². The van der Waals surface area contributed by atoms with Gasteiger partial charge in [-0.25, -0.2) is 4.98 Å². The summed E-state index contributed by atoms with van der Waals surface area (Å²) in [5.41, 5.74) is 1.93. The number of para-hydroxylation sites is 2. The maximum atomic E-state index is 12.1. The minimum absolute atomic E-state index is 0.0897. The van der Waals surface area contributed by atoms with Crippen LogP contribution in [-0.4, -0.2) is 29.0 Å². The van der Waals surface area contributed by atoms with Gasteiger partial charge in [0.05, 0.1) is 23.0 Å². The number of nitrogens with zero attached hydrogens (tertiary/aromatic N) is 1. The Morgan fingerprint density at radius 2 is 2.32 bits per heavy atom. The fraction of sp³-hybridized carbons (Fsp3) is 0.429. The lowest BCUT2D eigenvalue weighted by molar-refractivity contribution is -0.125. The minimum Gasteiger partial charge on any atom is -0.346 e. The highest BCUT2D eigenvalue weighted by atomic mass is 16.2. The van der Waals surface area contributed by atoms with E-state index in [4.69, 9.17) is 0 Å². The number of amides is 1. The summed E-state index contributed by atoms with van der Waals surface area (Å²) in [6, 6.07) is 7.78. The predicted molar refractivity (Wildman–Crippen MR) is 73.6 cm³/mol. The lowest BCUT2D eigenvalue weighted by Crippen LogP contribution is -2.34. The van der Waals surface area contributed by atoms with E-state index in [0.717, 1.165) is 36.4 Å². The molecule has 2 atom stereocenters. The number of hydrogen-bond acceptors (Lipinski definition) is 3. The van der Waals surface area contributed by atoms with Gasteiger partial charge in [-0.3, -0.25) is 4.79 Å². The van der Waals surface area contributed by atoms with E-state index in [0.29, 0.717) is 0 Å². The molecule has 3 rings (SSSR count). The van der Waals surface area contributed by atoms with E-state index in [1.807, 2.05) is 31.2 Å². The third-order valence-corrected chi connectivity index (χ3v) is 3.61. The standard InChI is InChI=1S/C14H18N4O/c1-9(16-14(19)10-6-7-15-8-10)13-17-11-4-2-3-5-12(11)18-13/h2-5,9-10,15H,6-8H2,1H3,(H,16,19)(H,17,18). The largest absolute Gasteiger partial charge is 0.346 e. The number of carbonyl (C=O) groups excluding carboxylic acids is 1. The summed E-state index contributed by atoms with van der Waals surface area (Å²) < 4.78 is 0. The molecule has 1 aromatic carbocycles. The van der Waals surface area contributed by atoms with Crippen LogP contribution in [0.3, 0.4) is 0 Å². The molecule has 0 aliphatic carbocycles. The molecule has 3 N–H and O–H groups in total. The fourth-order valence-corrected chi connectivity index (χ4v) is 2.46. The molecule has 19 heavy (non-hydrogen) atoms. The summed E-state index contributed by atoms with van der Waals surface area (Å²) in [4.78, 5) is 19.8. The first-order valence-electron chi connectivity index (χ1n) is 6.70. The Morgan fingerprint density at radius 3 is 3.05 bits per heavy atom. The van der Waals surface area contributed by atoms with Gasteiger partial charge in [-0.2, -0.15) is 0 Å². The van der Waals surface area contributed by atoms with Gasteiger partial charge in [0.15, 0.2) is 0 Å². The number of aromatic amines is 1. The van der Waals surface area contributed by atoms with Crippen LogP contribution in [0.5, 0.6) is 0 Å². The van der Waals surface area contributed by atoms with Crippen molar-refractivity contribution >= 4 is 16.9 Å². The maximum absolute atomic E-state index is 12.1. The van der Waals surface area contributed by atoms with E-state index in [-0.39, 0.29) is 17.9 Å². The van der Waals surface area contributed by atoms with Crippen molar-refractivity contribution in [1.82, 2.24) is 20.6 Å². The predicted octanol–water partition coefficient (Wildman–Crippen LogP) is 1.35. The Labute approximate surface area is 111 Å². The molecule has 1 fully saturated rings. The van der Waals surface area contributed by atoms with Crippen LogP contribution in [0, 0.1) is 5.92 Å². The number of benzene rings is 1. The topological polar surface area (TPSA) is 69.8 Å². The van der Waals surface area contributed by atoms with Crippen molar-refractivity contribution in [3.8, 4) is 0 Å². The van der Waals surface area contributed by atoms with E-state index in [1.54, 1.807) is 0 Å². The molecular weight excluding hydrogens is 240 g/mol. The fourth-order valence-electron chi connectivity index (χ4n) is 2.46. The maximum Gasteiger partial charge on any atom is 0.225 e. The number of aromatic nitrogens is 2. The first-order valence-corrected chi connectivity index (χ1v) is 6.70. The highest BCUT2D eigenvalue weighted by Gasteiger charge is 2.24. The molecule has 2 unspecified atom stereocenters. The smallest absolute Gasteiger partial charge is 0.225 e. The van der Waals surface area contributed by atoms with Crippen LogP contribution < -0.4 is 10.6 Å². The van der Waals surface area contributed by atoms with Gasteiger partial charge in [-0.1, -0.05) is 12.1 Å². The van der Waals surface area contributed by atoms with Crippen molar-refractivity contribution in [2.75, 3.05) is 13.1 Å². The highest BCUT2D eigenvalue weighted by Crippen LogP contribution is 2.16. The molecule has 5 nitrogen and oxygen atoms in total. The van der Waals surface area contributed by atoms with Gasteiger partial charge in [-0.05, 0) is 32.0 Å². The Morgan fingerprint density at radius 1 is 1.47 bits per heavy atom. The summed E-state index contributed by atoms with van der Waals surface area (Å²) in [5.74, 6) is 1.00. The van der Waals surface area contributed by atoms with Crippen molar-refractivity contribution in [3.05, 3.63) is 30.1 Å². The molecule has 0 spiro atoms. The summed E-state index contributed by atoms with van der Waals surface area (Å²) in [5, 5.41) is 6.23. The van der Waals surface area contributed by atoms with Crippen molar-refractivity contribution in [1.29, 1.82) is 0 Å². The van der Waals surface area contributed by atoms with Crippen LogP contribution in [-0.2, 0) is 4.79 Å². The van der Waals surface area contributed by atoms with Crippen LogP contribution >= 0.6 is 0 Å². The monoisotopic (exact) mass is 258 g/mol. The first-order chi connectivity index (χ1) is 9.24. The zero-order valence-corrected chi connectivity index (χ0v) is 10.9. The van der Waals surface area contributed by atoms with Crippen LogP contribution in [0.4, 0.5) is 0 Å². The van der Waals surface area contributed by atoms with Gasteiger partial charge in [0.25, 0.3) is 0 Å². The van der Waals surface area contributed by atoms with Crippen LogP contribution in [0.15, 0.2) is 24.3 Å². The van der Waals surface area contributed by atoms with Crippen molar-refractivity contribution in [2.45, 2.75) is 19.4 Å². The third-order valence-electron chi connectivity index (χ3n) is 3.61. The molecule has 1 aliphatic rings. The summed E-state index contributed by atoms with van der Waals surface area (Å²) >= 11 is 0. The van der Waals surface area contributed by atoms with Gasteiger partial charge in [0.2, 0.25) is 5.91 Å². The van der Waals surface area contributed by atoms with E-state index in [9.17, 15) is 4.79 Å². The van der Waals surface area contributed by atoms with Gasteiger partial charge in [-0.15, -0.1) is 0 Å². The highest BCUT2D eigenvalue weighted by molar-refractivity contribution is 5.80. The molecule has 100 valence electrons. The molecule has 0 radical (unpaired) electrons. The molecule has 1 aliphatic heterocycles. The lowest BCUT2D eigenvalue weighted by atomic mass is 10.1. The Bertz CT molecular complexity index is 553. The summed E-state index contributed by atoms with van der Waals surface area (Å²) in [6.45, 7) is 3.66. The van der Waals surface area contributed by atoms with E-state index >= 15 is 0 Å². The van der Waals surface area contributed by atoms with Crippen molar-refractivity contribution < 1.29 is 4.79 Å². The normalized spacial score (nSPS) is 20.6. The van der Waals surface area contributed by atoms with Gasteiger partial charge in [0.1, 0.15) is 5.82 Å². The van der Waals surface area contributed by atoms with Gasteiger partial charge in [0, 0.05) is 6.54 Å². The molecule has 5 heteroatoms. The Hall–Kier alpha value is -1.88. The second-order valence-corrected chi connectivity index (χ2v) is 5.06. The Kier molecular flexibility index (Phi) is 3.21. The molecule has 0 bridgehead atoms. The molecule has 1 aromatic heterocycles. The van der Waals surface area contributed by atoms with Crippen LogP contribution in [0.2, 0.25) is 0 Å². The zero-order valence-electron chi connectivity index (χ0n) is 10.9. The average molecular weight is 258 g/mol. The summed E-state index contributed by atoms with van der Waals surface area (Å²) in [6.07, 6.45) is 0.915. The zero-order chi connectivity index (χ0) is 13.2. The molecule has 1 amide bonds. The molecule has 0 saturated carbocycles. The summed E-state index contributed by atoms with van der Waals surface area (Å²) in [7, 11) is 0. The number of rotatable bonds is 3. The number of imidazole rings is 1. The quantitative estimate of drug-likeness (QED) is 0.778. The minimum atomic E-state index is -0.0968. The SMILES string of the molecule is CC(NC(=O)C1CCNC1)c1nc2ccccc2[nH]1. The lowest BCUT2D eigenvalue weighted by Gasteiger charge is -2.14. The third kappa shape index (κ3) is 2.46. The van der Waals surface area contributed by atoms with E-state index in [1.165, 1.54) is 0 Å². The number of fused-ring (bicyclic) bond motifs is 1. The van der Waals surface area contributed by atoms with Gasteiger partial charge < -0.3 is 15.6 Å². The second-order valence-electron chi connectivity index (χ2n) is 5.06. The van der Waals surface area contributed by atoms with Crippen LogP contribution in [0.25, 0.3) is 11.0 Å². The van der Waals surface area contributed by atoms with Crippen molar-refractivity contribution in [3.63, 3.8) is 0 Å². The molecule has 2 aromatic rings. The number of nitrogens with one attached hydrogen (secondary N) is 3. The van der Waals surface area contributed by atoms with E-state index < -0.39 is 0 Å². The second kappa shape index (κ2) is 5.01. The Balaban J connectivity index is 1.72. The average Bonchev–Trinajstić information content (AvgIpc) is 3.07. The van der Waals surface area contributed by atoms with Crippen LogP contribution in [0.1, 0.15) is 25.2 Å². The number of carbonyl (C=O) groups is 1. The molecular formula is C14H18N4O. The van der Waals surface area contributed by atoms with Gasteiger partial charge >= 0.3 is 0 Å². The molecule has 2 heterocycles. The number of H-pyrrole nitrogens is 1. The number of hydrogen-bond donors (Lipinski definition) is 3. The van der Waals surface area contributed by atoms with E-state index in [2.05, 4.69) is 20.6 Å². The molecule has 1 saturated heterocycles.